The minimum absolute atomic E-state index is 0.322. The molecule has 0 saturated carbocycles. The first kappa shape index (κ1) is 14.6. The third-order valence-corrected chi connectivity index (χ3v) is 3.01. The van der Waals surface area contributed by atoms with Crippen molar-refractivity contribution in [3.8, 4) is 23.8 Å². The fourth-order valence-electron chi connectivity index (χ4n) is 1.76. The van der Waals surface area contributed by atoms with Gasteiger partial charge < -0.3 is 9.47 Å². The summed E-state index contributed by atoms with van der Waals surface area (Å²) in [7, 11) is 0. The zero-order chi connectivity index (χ0) is 15.3. The summed E-state index contributed by atoms with van der Waals surface area (Å²) in [5.41, 5.74) is -0.459. The fraction of sp³-hybridized carbons (Fsp3) is 0.118. The average molecular weight is 284 g/mol. The molecule has 0 heterocycles. The number of hydrogen-bond donors (Lipinski definition) is 0. The van der Waals surface area contributed by atoms with Crippen LogP contribution < -0.4 is 4.74 Å². The first-order chi connectivity index (χ1) is 10.1. The summed E-state index contributed by atoms with van der Waals surface area (Å²) in [6.45, 7) is 1.94. The maximum atomic E-state index is 12.8. The lowest BCUT2D eigenvalue weighted by atomic mass is 9.97. The quantitative estimate of drug-likeness (QED) is 0.621. The van der Waals surface area contributed by atoms with E-state index in [1.807, 2.05) is 0 Å². The van der Waals surface area contributed by atoms with E-state index in [2.05, 4.69) is 5.92 Å². The van der Waals surface area contributed by atoms with E-state index in [4.69, 9.17) is 15.9 Å². The summed E-state index contributed by atoms with van der Waals surface area (Å²) in [6, 6.07) is 12.5. The molecule has 0 aliphatic heterocycles. The Labute approximate surface area is 122 Å². The van der Waals surface area contributed by atoms with Gasteiger partial charge in [0.1, 0.15) is 17.3 Å². The van der Waals surface area contributed by atoms with Crippen molar-refractivity contribution in [2.45, 2.75) is 12.5 Å². The van der Waals surface area contributed by atoms with Crippen LogP contribution in [0.1, 0.15) is 12.5 Å². The second-order valence-corrected chi connectivity index (χ2v) is 4.47. The Bertz CT molecular complexity index is 656. The zero-order valence-electron chi connectivity index (χ0n) is 11.4. The molecule has 0 fully saturated rings. The van der Waals surface area contributed by atoms with Gasteiger partial charge in [0.25, 0.3) is 6.47 Å². The van der Waals surface area contributed by atoms with Gasteiger partial charge in [-0.15, -0.1) is 6.42 Å². The smallest absolute Gasteiger partial charge is 0.294 e. The summed E-state index contributed by atoms with van der Waals surface area (Å²) < 4.78 is 23.3. The first-order valence-corrected chi connectivity index (χ1v) is 6.20. The Kier molecular flexibility index (Phi) is 4.24. The van der Waals surface area contributed by atoms with Crippen LogP contribution in [-0.4, -0.2) is 6.47 Å². The standard InChI is InChI=1S/C17H13FO3/c1-3-17(2,20-12-19)13-4-8-15(9-5-13)21-16-10-6-14(18)7-11-16/h1,4-12H,2H3. The largest absolute Gasteiger partial charge is 0.457 e. The predicted octanol–water partition coefficient (Wildman–Crippen LogP) is 3.64. The topological polar surface area (TPSA) is 35.5 Å². The number of halogens is 1. The van der Waals surface area contributed by atoms with Crippen LogP contribution in [0.25, 0.3) is 0 Å². The molecule has 2 rings (SSSR count). The van der Waals surface area contributed by atoms with Gasteiger partial charge >= 0.3 is 0 Å². The number of carbonyl (C=O) groups is 1. The van der Waals surface area contributed by atoms with Crippen LogP contribution in [0.2, 0.25) is 0 Å². The Balaban J connectivity index is 2.17. The number of carbonyl (C=O) groups excluding carboxylic acids is 1. The number of rotatable bonds is 5. The van der Waals surface area contributed by atoms with Crippen molar-refractivity contribution in [3.05, 3.63) is 59.9 Å². The van der Waals surface area contributed by atoms with E-state index in [0.29, 0.717) is 23.5 Å². The molecule has 0 radical (unpaired) electrons. The minimum atomic E-state index is -1.11. The monoisotopic (exact) mass is 284 g/mol. The van der Waals surface area contributed by atoms with Crippen molar-refractivity contribution >= 4 is 6.47 Å². The molecule has 4 heteroatoms. The molecular weight excluding hydrogens is 271 g/mol. The van der Waals surface area contributed by atoms with Crippen LogP contribution in [-0.2, 0) is 15.1 Å². The molecule has 1 atom stereocenters. The molecule has 0 N–H and O–H groups in total. The average Bonchev–Trinajstić information content (AvgIpc) is 2.50. The van der Waals surface area contributed by atoms with Crippen LogP contribution in [0, 0.1) is 18.2 Å². The maximum Gasteiger partial charge on any atom is 0.294 e. The summed E-state index contributed by atoms with van der Waals surface area (Å²) >= 11 is 0. The van der Waals surface area contributed by atoms with E-state index in [9.17, 15) is 9.18 Å². The molecule has 0 amide bonds. The highest BCUT2D eigenvalue weighted by atomic mass is 19.1. The van der Waals surface area contributed by atoms with Crippen molar-refractivity contribution in [2.24, 2.45) is 0 Å². The summed E-state index contributed by atoms with van der Waals surface area (Å²) in [6.07, 6.45) is 5.40. The molecule has 2 aromatic carbocycles. The van der Waals surface area contributed by atoms with Crippen LogP contribution in [0.3, 0.4) is 0 Å². The van der Waals surface area contributed by atoms with Gasteiger partial charge in [0.15, 0.2) is 5.60 Å². The summed E-state index contributed by atoms with van der Waals surface area (Å²) in [5.74, 6) is 3.20. The lowest BCUT2D eigenvalue weighted by Crippen LogP contribution is -2.22. The van der Waals surface area contributed by atoms with Crippen molar-refractivity contribution < 1.29 is 18.7 Å². The maximum absolute atomic E-state index is 12.8. The Hall–Kier alpha value is -2.80. The highest BCUT2D eigenvalue weighted by Crippen LogP contribution is 2.27. The molecule has 1 unspecified atom stereocenters. The molecule has 0 aliphatic rings. The van der Waals surface area contributed by atoms with E-state index < -0.39 is 5.60 Å². The summed E-state index contributed by atoms with van der Waals surface area (Å²) in [5, 5.41) is 0. The van der Waals surface area contributed by atoms with Crippen molar-refractivity contribution in [1.29, 1.82) is 0 Å². The second-order valence-electron chi connectivity index (χ2n) is 4.47. The molecule has 0 aliphatic carbocycles. The van der Waals surface area contributed by atoms with Crippen LogP contribution >= 0.6 is 0 Å². The highest BCUT2D eigenvalue weighted by molar-refractivity contribution is 5.44. The van der Waals surface area contributed by atoms with E-state index in [1.54, 1.807) is 31.2 Å². The van der Waals surface area contributed by atoms with Crippen LogP contribution in [0.5, 0.6) is 11.5 Å². The predicted molar refractivity (Wildman–Crippen MR) is 76.3 cm³/mol. The number of hydrogen-bond acceptors (Lipinski definition) is 3. The van der Waals surface area contributed by atoms with Crippen LogP contribution in [0.15, 0.2) is 48.5 Å². The second kappa shape index (κ2) is 6.10. The minimum Gasteiger partial charge on any atom is -0.457 e. The molecule has 0 spiro atoms. The van der Waals surface area contributed by atoms with Crippen molar-refractivity contribution in [3.63, 3.8) is 0 Å². The molecule has 21 heavy (non-hydrogen) atoms. The van der Waals surface area contributed by atoms with E-state index in [-0.39, 0.29) is 5.82 Å². The lowest BCUT2D eigenvalue weighted by Gasteiger charge is -2.22. The molecule has 0 saturated heterocycles. The van der Waals surface area contributed by atoms with Crippen molar-refractivity contribution in [1.82, 2.24) is 0 Å². The third-order valence-electron chi connectivity index (χ3n) is 3.01. The zero-order valence-corrected chi connectivity index (χ0v) is 11.4. The normalized spacial score (nSPS) is 12.8. The van der Waals surface area contributed by atoms with Gasteiger partial charge in [0, 0.05) is 5.56 Å². The molecular formula is C17H13FO3. The number of ether oxygens (including phenoxy) is 2. The lowest BCUT2D eigenvalue weighted by molar-refractivity contribution is -0.137. The van der Waals surface area contributed by atoms with Gasteiger partial charge in [-0.2, -0.15) is 0 Å². The van der Waals surface area contributed by atoms with Crippen LogP contribution in [0.4, 0.5) is 4.39 Å². The number of benzene rings is 2. The molecule has 106 valence electrons. The molecule has 0 aromatic heterocycles. The van der Waals surface area contributed by atoms with Gasteiger partial charge in [-0.05, 0) is 43.3 Å². The first-order valence-electron chi connectivity index (χ1n) is 6.20. The fourth-order valence-corrected chi connectivity index (χ4v) is 1.76. The molecule has 0 bridgehead atoms. The Morgan fingerprint density at radius 2 is 1.62 bits per heavy atom. The Morgan fingerprint density at radius 1 is 1.10 bits per heavy atom. The Morgan fingerprint density at radius 3 is 2.10 bits per heavy atom. The molecule has 2 aromatic rings. The SMILES string of the molecule is C#CC(C)(OC=O)c1ccc(Oc2ccc(F)cc2)cc1. The van der Waals surface area contributed by atoms with Gasteiger partial charge in [-0.3, -0.25) is 4.79 Å². The number of terminal acetylenes is 1. The molecule has 3 nitrogen and oxygen atoms in total. The van der Waals surface area contributed by atoms with Crippen molar-refractivity contribution in [2.75, 3.05) is 0 Å². The third kappa shape index (κ3) is 3.40. The van der Waals surface area contributed by atoms with Gasteiger partial charge in [-0.25, -0.2) is 4.39 Å². The van der Waals surface area contributed by atoms with Gasteiger partial charge in [0.2, 0.25) is 0 Å². The van der Waals surface area contributed by atoms with Gasteiger partial charge in [0.05, 0.1) is 0 Å². The van der Waals surface area contributed by atoms with E-state index in [0.717, 1.165) is 0 Å². The summed E-state index contributed by atoms with van der Waals surface area (Å²) in [4.78, 5) is 10.5. The van der Waals surface area contributed by atoms with Gasteiger partial charge in [-0.1, -0.05) is 18.1 Å². The van der Waals surface area contributed by atoms with E-state index >= 15 is 0 Å². The van der Waals surface area contributed by atoms with E-state index in [1.165, 1.54) is 24.3 Å². The highest BCUT2D eigenvalue weighted by Gasteiger charge is 2.25.